The first-order valence-electron chi connectivity index (χ1n) is 9.10. The predicted molar refractivity (Wildman–Crippen MR) is 117 cm³/mol. The van der Waals surface area contributed by atoms with Crippen molar-refractivity contribution < 1.29 is 13.9 Å². The van der Waals surface area contributed by atoms with Crippen molar-refractivity contribution in [2.45, 2.75) is 20.5 Å². The van der Waals surface area contributed by atoms with E-state index in [1.54, 1.807) is 36.5 Å². The van der Waals surface area contributed by atoms with Crippen molar-refractivity contribution in [3.05, 3.63) is 87.2 Å². The standard InChI is InChI=1S/C23H20Cl2FNO2/c1-3-28-22-11-17(13-27-21-12-18(24)8-7-15(21)2)10-20(25)23(22)29-14-16-5-4-6-19(26)9-16/h4-13H,3,14H2,1-2H3. The molecule has 0 radical (unpaired) electrons. The van der Waals surface area contributed by atoms with Gasteiger partial charge in [-0.1, -0.05) is 41.4 Å². The molecular formula is C23H20Cl2FNO2. The number of hydrogen-bond acceptors (Lipinski definition) is 3. The van der Waals surface area contributed by atoms with E-state index in [1.807, 2.05) is 26.0 Å². The van der Waals surface area contributed by atoms with E-state index in [0.29, 0.717) is 33.7 Å². The van der Waals surface area contributed by atoms with Crippen LogP contribution in [0.1, 0.15) is 23.6 Å². The molecule has 0 fully saturated rings. The van der Waals surface area contributed by atoms with Crippen molar-refractivity contribution in [3.63, 3.8) is 0 Å². The number of aryl methyl sites for hydroxylation is 1. The summed E-state index contributed by atoms with van der Waals surface area (Å²) in [6.07, 6.45) is 1.70. The molecule has 0 amide bonds. The maximum Gasteiger partial charge on any atom is 0.180 e. The molecule has 0 aliphatic rings. The maximum absolute atomic E-state index is 13.4. The highest BCUT2D eigenvalue weighted by molar-refractivity contribution is 6.32. The minimum absolute atomic E-state index is 0.173. The van der Waals surface area contributed by atoms with Crippen molar-refractivity contribution >= 4 is 35.1 Å². The van der Waals surface area contributed by atoms with Crippen LogP contribution >= 0.6 is 23.2 Å². The number of nitrogens with zero attached hydrogens (tertiary/aromatic N) is 1. The Labute approximate surface area is 179 Å². The number of benzene rings is 3. The molecule has 3 nitrogen and oxygen atoms in total. The number of rotatable bonds is 7. The molecule has 0 saturated carbocycles. The van der Waals surface area contributed by atoms with Gasteiger partial charge in [0.1, 0.15) is 12.4 Å². The first-order valence-corrected chi connectivity index (χ1v) is 9.85. The second kappa shape index (κ2) is 9.77. The van der Waals surface area contributed by atoms with E-state index in [0.717, 1.165) is 16.8 Å². The Morgan fingerprint density at radius 1 is 1.03 bits per heavy atom. The van der Waals surface area contributed by atoms with Crippen LogP contribution in [0.2, 0.25) is 10.0 Å². The van der Waals surface area contributed by atoms with Crippen molar-refractivity contribution in [1.29, 1.82) is 0 Å². The summed E-state index contributed by atoms with van der Waals surface area (Å²) in [6.45, 7) is 4.46. The molecule has 29 heavy (non-hydrogen) atoms. The topological polar surface area (TPSA) is 30.8 Å². The van der Waals surface area contributed by atoms with Gasteiger partial charge in [0.25, 0.3) is 0 Å². The highest BCUT2D eigenvalue weighted by Gasteiger charge is 2.13. The van der Waals surface area contributed by atoms with Gasteiger partial charge in [-0.25, -0.2) is 4.39 Å². The van der Waals surface area contributed by atoms with Gasteiger partial charge in [-0.2, -0.15) is 0 Å². The Morgan fingerprint density at radius 2 is 1.86 bits per heavy atom. The summed E-state index contributed by atoms with van der Waals surface area (Å²) in [5.74, 6) is 0.597. The lowest BCUT2D eigenvalue weighted by molar-refractivity contribution is 0.269. The monoisotopic (exact) mass is 431 g/mol. The summed E-state index contributed by atoms with van der Waals surface area (Å²) in [6, 6.07) is 15.3. The minimum Gasteiger partial charge on any atom is -0.490 e. The fraction of sp³-hybridized carbons (Fsp3) is 0.174. The fourth-order valence-electron chi connectivity index (χ4n) is 2.71. The molecule has 0 spiro atoms. The van der Waals surface area contributed by atoms with E-state index in [2.05, 4.69) is 4.99 Å². The fourth-order valence-corrected chi connectivity index (χ4v) is 3.15. The van der Waals surface area contributed by atoms with Crippen LogP contribution in [0.25, 0.3) is 0 Å². The summed E-state index contributed by atoms with van der Waals surface area (Å²) >= 11 is 12.5. The van der Waals surface area contributed by atoms with Crippen LogP contribution in [0.4, 0.5) is 10.1 Å². The molecule has 0 unspecified atom stereocenters. The zero-order valence-electron chi connectivity index (χ0n) is 16.1. The molecule has 0 saturated heterocycles. The van der Waals surface area contributed by atoms with Gasteiger partial charge in [0.15, 0.2) is 11.5 Å². The van der Waals surface area contributed by atoms with Crippen LogP contribution in [0.3, 0.4) is 0 Å². The third-order valence-corrected chi connectivity index (χ3v) is 4.64. The molecule has 3 rings (SSSR count). The number of ether oxygens (including phenoxy) is 2. The highest BCUT2D eigenvalue weighted by Crippen LogP contribution is 2.37. The van der Waals surface area contributed by atoms with Gasteiger partial charge >= 0.3 is 0 Å². The molecule has 150 valence electrons. The van der Waals surface area contributed by atoms with Crippen LogP contribution in [0.5, 0.6) is 11.5 Å². The second-order valence-corrected chi connectivity index (χ2v) is 7.21. The SMILES string of the molecule is CCOc1cc(C=Nc2cc(Cl)ccc2C)cc(Cl)c1OCc1cccc(F)c1. The molecule has 0 bridgehead atoms. The molecule has 0 aromatic heterocycles. The Bertz CT molecular complexity index is 1040. The van der Waals surface area contributed by atoms with Gasteiger partial charge in [-0.15, -0.1) is 0 Å². The lowest BCUT2D eigenvalue weighted by atomic mass is 10.2. The highest BCUT2D eigenvalue weighted by atomic mass is 35.5. The van der Waals surface area contributed by atoms with Gasteiger partial charge < -0.3 is 9.47 Å². The summed E-state index contributed by atoms with van der Waals surface area (Å²) < 4.78 is 24.9. The number of hydrogen-bond donors (Lipinski definition) is 0. The summed E-state index contributed by atoms with van der Waals surface area (Å²) in [7, 11) is 0. The van der Waals surface area contributed by atoms with Crippen molar-refractivity contribution in [1.82, 2.24) is 0 Å². The Balaban J connectivity index is 1.85. The van der Waals surface area contributed by atoms with E-state index in [4.69, 9.17) is 32.7 Å². The quantitative estimate of drug-likeness (QED) is 0.371. The third kappa shape index (κ3) is 5.72. The first-order chi connectivity index (χ1) is 14.0. The molecule has 3 aromatic carbocycles. The Hall–Kier alpha value is -2.56. The summed E-state index contributed by atoms with van der Waals surface area (Å²) in [4.78, 5) is 4.51. The van der Waals surface area contributed by atoms with Gasteiger partial charge in [0.05, 0.1) is 17.3 Å². The molecule has 0 aliphatic heterocycles. The van der Waals surface area contributed by atoms with E-state index < -0.39 is 0 Å². The normalized spacial score (nSPS) is 11.1. The minimum atomic E-state index is -0.315. The molecule has 0 N–H and O–H groups in total. The Kier molecular flexibility index (Phi) is 7.13. The third-order valence-electron chi connectivity index (χ3n) is 4.13. The molecule has 0 heterocycles. The van der Waals surface area contributed by atoms with Crippen LogP contribution in [-0.4, -0.2) is 12.8 Å². The molecule has 0 atom stereocenters. The zero-order chi connectivity index (χ0) is 20.8. The lowest BCUT2D eigenvalue weighted by Gasteiger charge is -2.14. The second-order valence-electron chi connectivity index (χ2n) is 6.37. The van der Waals surface area contributed by atoms with Gasteiger partial charge in [0, 0.05) is 11.2 Å². The lowest BCUT2D eigenvalue weighted by Crippen LogP contribution is -2.01. The first kappa shape index (κ1) is 21.2. The zero-order valence-corrected chi connectivity index (χ0v) is 17.6. The van der Waals surface area contributed by atoms with Crippen LogP contribution < -0.4 is 9.47 Å². The van der Waals surface area contributed by atoms with E-state index >= 15 is 0 Å². The largest absolute Gasteiger partial charge is 0.490 e. The number of aliphatic imine (C=N–C) groups is 1. The van der Waals surface area contributed by atoms with Crippen LogP contribution in [0, 0.1) is 12.7 Å². The molecule has 6 heteroatoms. The van der Waals surface area contributed by atoms with Gasteiger partial charge in [-0.05, 0) is 66.9 Å². The van der Waals surface area contributed by atoms with Crippen molar-refractivity contribution in [2.24, 2.45) is 4.99 Å². The van der Waals surface area contributed by atoms with Gasteiger partial charge in [0.2, 0.25) is 0 Å². The van der Waals surface area contributed by atoms with E-state index in [1.165, 1.54) is 12.1 Å². The van der Waals surface area contributed by atoms with Crippen LogP contribution in [0.15, 0.2) is 59.6 Å². The van der Waals surface area contributed by atoms with Gasteiger partial charge in [-0.3, -0.25) is 4.99 Å². The molecule has 3 aromatic rings. The smallest absolute Gasteiger partial charge is 0.180 e. The van der Waals surface area contributed by atoms with Crippen molar-refractivity contribution in [2.75, 3.05) is 6.61 Å². The van der Waals surface area contributed by atoms with E-state index in [9.17, 15) is 4.39 Å². The average molecular weight is 432 g/mol. The van der Waals surface area contributed by atoms with Crippen LogP contribution in [-0.2, 0) is 6.61 Å². The van der Waals surface area contributed by atoms with E-state index in [-0.39, 0.29) is 12.4 Å². The summed E-state index contributed by atoms with van der Waals surface area (Å²) in [5.41, 5.74) is 3.25. The maximum atomic E-state index is 13.4. The molecular weight excluding hydrogens is 412 g/mol. The Morgan fingerprint density at radius 3 is 2.62 bits per heavy atom. The van der Waals surface area contributed by atoms with Crippen molar-refractivity contribution in [3.8, 4) is 11.5 Å². The number of halogens is 3. The summed E-state index contributed by atoms with van der Waals surface area (Å²) in [5, 5.41) is 1.01. The molecule has 0 aliphatic carbocycles. The predicted octanol–water partition coefficient (Wildman–Crippen LogP) is 7.17. The average Bonchev–Trinajstić information content (AvgIpc) is 2.68.